The van der Waals surface area contributed by atoms with Crippen LogP contribution in [0.25, 0.3) is 0 Å². The van der Waals surface area contributed by atoms with Crippen LogP contribution in [-0.2, 0) is 0 Å². The highest BCUT2D eigenvalue weighted by atomic mass is 32.1. The molecular weight excluding hydrogens is 220 g/mol. The summed E-state index contributed by atoms with van der Waals surface area (Å²) >= 11 is 5.21. The summed E-state index contributed by atoms with van der Waals surface area (Å²) in [4.78, 5) is 13.8. The van der Waals surface area contributed by atoms with Crippen molar-refractivity contribution in [2.24, 2.45) is 11.8 Å². The maximum absolute atomic E-state index is 11.1. The molecular formula is C12H18N2OS. The Labute approximate surface area is 101 Å². The zero-order valence-corrected chi connectivity index (χ0v) is 10.6. The van der Waals surface area contributed by atoms with E-state index in [0.29, 0.717) is 16.7 Å². The smallest absolute Gasteiger partial charge is 0.251 e. The average Bonchev–Trinajstić information content (AvgIpc) is 2.19. The average molecular weight is 238 g/mol. The van der Waals surface area contributed by atoms with E-state index in [4.69, 9.17) is 12.2 Å². The van der Waals surface area contributed by atoms with Gasteiger partial charge in [-0.2, -0.15) is 0 Å². The molecule has 16 heavy (non-hydrogen) atoms. The summed E-state index contributed by atoms with van der Waals surface area (Å²) in [6.07, 6.45) is 5.47. The van der Waals surface area contributed by atoms with E-state index in [9.17, 15) is 4.79 Å². The summed E-state index contributed by atoms with van der Waals surface area (Å²) in [5.74, 6) is 1.43. The predicted octanol–water partition coefficient (Wildman–Crippen LogP) is 2.90. The lowest BCUT2D eigenvalue weighted by Gasteiger charge is -2.34. The summed E-state index contributed by atoms with van der Waals surface area (Å²) in [6.45, 7) is 4.58. The minimum absolute atomic E-state index is 0.113. The molecule has 0 aliphatic heterocycles. The Morgan fingerprint density at radius 1 is 1.44 bits per heavy atom. The lowest BCUT2D eigenvalue weighted by atomic mass is 9.80. The van der Waals surface area contributed by atoms with Crippen molar-refractivity contribution in [2.75, 3.05) is 0 Å². The summed E-state index contributed by atoms with van der Waals surface area (Å²) in [6, 6.07) is 2.00. The Balaban J connectivity index is 2.30. The van der Waals surface area contributed by atoms with Gasteiger partial charge in [-0.1, -0.05) is 13.8 Å². The van der Waals surface area contributed by atoms with E-state index in [1.54, 1.807) is 6.07 Å². The maximum Gasteiger partial charge on any atom is 0.251 e. The van der Waals surface area contributed by atoms with Crippen LogP contribution in [0.1, 0.15) is 39.2 Å². The van der Waals surface area contributed by atoms with Gasteiger partial charge in [0.2, 0.25) is 0 Å². The third kappa shape index (κ3) is 2.26. The van der Waals surface area contributed by atoms with Gasteiger partial charge in [-0.15, -0.1) is 0 Å². The molecule has 1 aliphatic carbocycles. The first-order chi connectivity index (χ1) is 7.58. The molecule has 3 unspecified atom stereocenters. The number of hydrogen-bond donors (Lipinski definition) is 1. The van der Waals surface area contributed by atoms with Gasteiger partial charge in [0.1, 0.15) is 0 Å². The Kier molecular flexibility index (Phi) is 3.28. The minimum atomic E-state index is -0.113. The van der Waals surface area contributed by atoms with Crippen molar-refractivity contribution in [3.63, 3.8) is 0 Å². The first-order valence-corrected chi connectivity index (χ1v) is 6.30. The highest BCUT2D eigenvalue weighted by Gasteiger charge is 2.26. The van der Waals surface area contributed by atoms with E-state index in [2.05, 4.69) is 18.8 Å². The number of H-pyrrole nitrogens is 1. The van der Waals surface area contributed by atoms with E-state index in [1.807, 2.05) is 10.8 Å². The molecule has 4 heteroatoms. The van der Waals surface area contributed by atoms with Gasteiger partial charge in [-0.25, -0.2) is 0 Å². The van der Waals surface area contributed by atoms with Crippen LogP contribution in [0.2, 0.25) is 0 Å². The van der Waals surface area contributed by atoms with E-state index >= 15 is 0 Å². The standard InChI is InChI=1S/C12H18N2OS/c1-8-3-4-10(9(2)7-8)14-6-5-11(15)13-12(14)16/h5-6,8-10H,3-4,7H2,1-2H3,(H,13,15,16). The maximum atomic E-state index is 11.1. The summed E-state index contributed by atoms with van der Waals surface area (Å²) in [5.41, 5.74) is -0.113. The van der Waals surface area contributed by atoms with Gasteiger partial charge in [-0.3, -0.25) is 9.78 Å². The van der Waals surface area contributed by atoms with Gasteiger partial charge >= 0.3 is 0 Å². The van der Waals surface area contributed by atoms with Crippen LogP contribution in [0, 0.1) is 16.6 Å². The van der Waals surface area contributed by atoms with Crippen molar-refractivity contribution in [1.82, 2.24) is 9.55 Å². The number of aromatic amines is 1. The Hall–Kier alpha value is -0.900. The van der Waals surface area contributed by atoms with Crippen LogP contribution < -0.4 is 5.56 Å². The van der Waals surface area contributed by atoms with Crippen molar-refractivity contribution < 1.29 is 0 Å². The Bertz CT molecular complexity index is 476. The fourth-order valence-electron chi connectivity index (χ4n) is 2.75. The quantitative estimate of drug-likeness (QED) is 0.764. The van der Waals surface area contributed by atoms with Crippen LogP contribution in [0.4, 0.5) is 0 Å². The third-order valence-electron chi connectivity index (χ3n) is 3.59. The molecule has 0 amide bonds. The predicted molar refractivity (Wildman–Crippen MR) is 67.1 cm³/mol. The molecule has 1 aromatic rings. The second-order valence-corrected chi connectivity index (χ2v) is 5.37. The zero-order valence-electron chi connectivity index (χ0n) is 9.77. The van der Waals surface area contributed by atoms with Gasteiger partial charge < -0.3 is 4.57 Å². The third-order valence-corrected chi connectivity index (χ3v) is 3.91. The van der Waals surface area contributed by atoms with Crippen LogP contribution >= 0.6 is 12.2 Å². The summed E-state index contributed by atoms with van der Waals surface area (Å²) in [5, 5.41) is 0. The van der Waals surface area contributed by atoms with Crippen LogP contribution in [0.3, 0.4) is 0 Å². The highest BCUT2D eigenvalue weighted by Crippen LogP contribution is 2.36. The van der Waals surface area contributed by atoms with E-state index in [-0.39, 0.29) is 5.56 Å². The topological polar surface area (TPSA) is 37.8 Å². The van der Waals surface area contributed by atoms with Crippen molar-refractivity contribution in [3.8, 4) is 0 Å². The molecule has 0 aromatic carbocycles. The molecule has 3 nitrogen and oxygen atoms in total. The van der Waals surface area contributed by atoms with Gasteiger partial charge in [0.25, 0.3) is 5.56 Å². The van der Waals surface area contributed by atoms with Crippen molar-refractivity contribution in [1.29, 1.82) is 0 Å². The zero-order chi connectivity index (χ0) is 11.7. The molecule has 1 heterocycles. The normalized spacial score (nSPS) is 30.2. The van der Waals surface area contributed by atoms with Crippen molar-refractivity contribution >= 4 is 12.2 Å². The number of rotatable bonds is 1. The van der Waals surface area contributed by atoms with Crippen LogP contribution in [0.5, 0.6) is 0 Å². The molecule has 1 aliphatic rings. The monoisotopic (exact) mass is 238 g/mol. The second-order valence-electron chi connectivity index (χ2n) is 4.98. The second kappa shape index (κ2) is 4.53. The van der Waals surface area contributed by atoms with Crippen molar-refractivity contribution in [2.45, 2.75) is 39.2 Å². The fourth-order valence-corrected chi connectivity index (χ4v) is 3.05. The molecule has 2 rings (SSSR count). The molecule has 0 radical (unpaired) electrons. The number of nitrogens with one attached hydrogen (secondary N) is 1. The molecule has 1 aromatic heterocycles. The SMILES string of the molecule is CC1CCC(n2ccc(=O)[nH]c2=S)C(C)C1. The molecule has 88 valence electrons. The summed E-state index contributed by atoms with van der Waals surface area (Å²) < 4.78 is 2.60. The lowest BCUT2D eigenvalue weighted by Crippen LogP contribution is -2.26. The summed E-state index contributed by atoms with van der Waals surface area (Å²) in [7, 11) is 0. The van der Waals surface area contributed by atoms with Gasteiger partial charge in [0.05, 0.1) is 0 Å². The van der Waals surface area contributed by atoms with Gasteiger partial charge in [0.15, 0.2) is 4.77 Å². The van der Waals surface area contributed by atoms with Crippen LogP contribution in [-0.4, -0.2) is 9.55 Å². The van der Waals surface area contributed by atoms with E-state index in [0.717, 1.165) is 12.3 Å². The number of hydrogen-bond acceptors (Lipinski definition) is 2. The highest BCUT2D eigenvalue weighted by molar-refractivity contribution is 7.71. The lowest BCUT2D eigenvalue weighted by molar-refractivity contribution is 0.204. The number of nitrogens with zero attached hydrogens (tertiary/aromatic N) is 1. The minimum Gasteiger partial charge on any atom is -0.322 e. The Morgan fingerprint density at radius 2 is 2.19 bits per heavy atom. The first kappa shape index (κ1) is 11.6. The van der Waals surface area contributed by atoms with Gasteiger partial charge in [0, 0.05) is 18.3 Å². The number of aromatic nitrogens is 2. The molecule has 1 fully saturated rings. The van der Waals surface area contributed by atoms with Crippen LogP contribution in [0.15, 0.2) is 17.1 Å². The molecule has 0 saturated heterocycles. The Morgan fingerprint density at radius 3 is 2.81 bits per heavy atom. The molecule has 0 spiro atoms. The van der Waals surface area contributed by atoms with E-state index in [1.165, 1.54) is 12.8 Å². The fraction of sp³-hybridized carbons (Fsp3) is 0.667. The van der Waals surface area contributed by atoms with Crippen molar-refractivity contribution in [3.05, 3.63) is 27.4 Å². The first-order valence-electron chi connectivity index (χ1n) is 5.89. The molecule has 0 bridgehead atoms. The molecule has 1 N–H and O–H groups in total. The molecule has 3 atom stereocenters. The largest absolute Gasteiger partial charge is 0.322 e. The molecule has 1 saturated carbocycles. The van der Waals surface area contributed by atoms with E-state index < -0.39 is 0 Å². The van der Waals surface area contributed by atoms with Gasteiger partial charge in [-0.05, 0) is 43.3 Å².